The standard InChI is InChI=1S/C66H81F3N6O3SSi2/c1-16-74(39-40-76-80(12,13)62(2,3)4)54-33-37-57(38-34-54)75(56-35-31-53(32-36-56)73(10)11)55-29-26-48(27-30-55)25-28-50-44-64(8,9)43-49(61(50)79-42-41-77-81(14,15)63(5,6)7)21-20-24-59-58(47-72)60(51(45-70)46-71)78-65(59,66(67,68)69)52-22-18-17-19-23-52/h17-38H,16,39-44H2,1-15H3/b24-20+,28-25+,49-21+. The third kappa shape index (κ3) is 14.8. The van der Waals surface area contributed by atoms with Gasteiger partial charge in [0.15, 0.2) is 28.0 Å². The number of thioether (sulfide) groups is 1. The molecular formula is C66H81F3N6O3SSi2. The Kier molecular flexibility index (Phi) is 20.2. The number of halogens is 3. The Morgan fingerprint density at radius 2 is 1.22 bits per heavy atom. The van der Waals surface area contributed by atoms with Crippen LogP contribution < -0.4 is 14.7 Å². The molecule has 0 bridgehead atoms. The first-order chi connectivity index (χ1) is 37.9. The first kappa shape index (κ1) is 63.7. The van der Waals surface area contributed by atoms with Gasteiger partial charge < -0.3 is 28.3 Å². The minimum absolute atomic E-state index is 0.0171. The summed E-state index contributed by atoms with van der Waals surface area (Å²) in [5, 5.41) is 30.2. The number of likely N-dealkylation sites (N-methyl/N-ethyl adjacent to an activating group) is 1. The molecule has 0 saturated heterocycles. The van der Waals surface area contributed by atoms with E-state index in [2.05, 4.69) is 188 Å². The summed E-state index contributed by atoms with van der Waals surface area (Å²) in [6, 6.07) is 37.9. The van der Waals surface area contributed by atoms with Gasteiger partial charge in [0.2, 0.25) is 0 Å². The Labute approximate surface area is 487 Å². The van der Waals surface area contributed by atoms with Crippen LogP contribution in [0.25, 0.3) is 6.08 Å². The third-order valence-electron chi connectivity index (χ3n) is 16.1. The minimum atomic E-state index is -5.10. The van der Waals surface area contributed by atoms with Crippen molar-refractivity contribution in [1.29, 1.82) is 15.8 Å². The molecule has 1 aliphatic carbocycles. The van der Waals surface area contributed by atoms with Crippen LogP contribution in [0.15, 0.2) is 166 Å². The summed E-state index contributed by atoms with van der Waals surface area (Å²) in [5.41, 5.74) is 2.77. The van der Waals surface area contributed by atoms with Crippen molar-refractivity contribution in [2.75, 3.05) is 60.9 Å². The van der Waals surface area contributed by atoms with Crippen molar-refractivity contribution < 1.29 is 26.8 Å². The smallest absolute Gasteiger partial charge is 0.437 e. The highest BCUT2D eigenvalue weighted by Gasteiger charge is 2.65. The number of benzene rings is 4. The number of nitriles is 3. The SMILES string of the molecule is CCN(CCO[Si](C)(C)C(C)(C)C)c1ccc(N(c2ccc(/C=C/C3=C(SCCO[Si](C)(C)C(C)(C)C)C(=C/C=C/C4=C(C#N)C(=C(C#N)C#N)OC4(c4ccccc4)C(F)(F)F)/CC(C)(C)C3)cc2)c2ccc(N(C)C)cc2)cc1. The molecule has 1 atom stereocenters. The third-order valence-corrected chi connectivity index (χ3v) is 26.4. The molecular weight excluding hydrogens is 1070 g/mol. The molecule has 6 rings (SSSR count). The lowest BCUT2D eigenvalue weighted by atomic mass is 9.74. The number of rotatable bonds is 20. The summed E-state index contributed by atoms with van der Waals surface area (Å²) in [7, 11) is 0.110. The Bertz CT molecular complexity index is 3170. The zero-order valence-electron chi connectivity index (χ0n) is 50.1. The van der Waals surface area contributed by atoms with Gasteiger partial charge in [0.1, 0.15) is 23.8 Å². The van der Waals surface area contributed by atoms with Gasteiger partial charge in [-0.2, -0.15) is 29.0 Å². The number of ether oxygens (including phenoxy) is 1. The van der Waals surface area contributed by atoms with Crippen LogP contribution >= 0.6 is 11.8 Å². The van der Waals surface area contributed by atoms with Crippen molar-refractivity contribution in [2.45, 2.75) is 123 Å². The normalized spacial score (nSPS) is 17.6. The fourth-order valence-electron chi connectivity index (χ4n) is 9.45. The Hall–Kier alpha value is -6.52. The van der Waals surface area contributed by atoms with Crippen LogP contribution in [-0.4, -0.2) is 69.0 Å². The molecule has 1 unspecified atom stereocenters. The van der Waals surface area contributed by atoms with Gasteiger partial charge in [-0.25, -0.2) is 0 Å². The Morgan fingerprint density at radius 3 is 1.72 bits per heavy atom. The zero-order chi connectivity index (χ0) is 59.8. The molecule has 9 nitrogen and oxygen atoms in total. The highest BCUT2D eigenvalue weighted by molar-refractivity contribution is 8.03. The molecule has 2 aliphatic rings. The molecule has 15 heteroatoms. The van der Waals surface area contributed by atoms with Gasteiger partial charge in [-0.05, 0) is 139 Å². The number of hydrogen-bond donors (Lipinski definition) is 0. The minimum Gasteiger partial charge on any atom is -0.465 e. The number of hydrogen-bond acceptors (Lipinski definition) is 10. The summed E-state index contributed by atoms with van der Waals surface area (Å²) in [5.74, 6) is -0.0578. The topological polar surface area (TPSA) is 109 Å². The van der Waals surface area contributed by atoms with E-state index in [1.165, 1.54) is 36.4 Å². The fraction of sp³-hybridized carbons (Fsp3) is 0.409. The average molecular weight is 1150 g/mol. The van der Waals surface area contributed by atoms with Gasteiger partial charge in [0, 0.05) is 84.0 Å². The fourth-order valence-corrected chi connectivity index (χ4v) is 12.7. The lowest BCUT2D eigenvalue weighted by molar-refractivity contribution is -0.249. The van der Waals surface area contributed by atoms with Crippen LogP contribution in [0.2, 0.25) is 36.3 Å². The van der Waals surface area contributed by atoms with Crippen LogP contribution in [0, 0.1) is 39.4 Å². The summed E-state index contributed by atoms with van der Waals surface area (Å²) in [4.78, 5) is 7.72. The van der Waals surface area contributed by atoms with Gasteiger partial charge in [-0.3, -0.25) is 0 Å². The number of allylic oxidation sites excluding steroid dienone is 7. The van der Waals surface area contributed by atoms with Crippen LogP contribution in [0.1, 0.15) is 86.3 Å². The molecule has 81 heavy (non-hydrogen) atoms. The van der Waals surface area contributed by atoms with Crippen LogP contribution in [0.4, 0.5) is 41.6 Å². The predicted molar refractivity (Wildman–Crippen MR) is 335 cm³/mol. The van der Waals surface area contributed by atoms with E-state index in [-0.39, 0.29) is 21.1 Å². The van der Waals surface area contributed by atoms with Crippen molar-refractivity contribution >= 4 is 62.9 Å². The summed E-state index contributed by atoms with van der Waals surface area (Å²) < 4.78 is 66.0. The van der Waals surface area contributed by atoms with Gasteiger partial charge in [-0.1, -0.05) is 128 Å². The summed E-state index contributed by atoms with van der Waals surface area (Å²) in [6.45, 7) is 31.9. The quantitative estimate of drug-likeness (QED) is 0.0482. The van der Waals surface area contributed by atoms with Crippen molar-refractivity contribution in [2.24, 2.45) is 5.41 Å². The number of anilines is 5. The molecule has 0 fully saturated rings. The molecule has 0 amide bonds. The first-order valence-electron chi connectivity index (χ1n) is 27.7. The number of nitrogens with zero attached hydrogens (tertiary/aromatic N) is 6. The Morgan fingerprint density at radius 1 is 0.704 bits per heavy atom. The van der Waals surface area contributed by atoms with Gasteiger partial charge in [0.05, 0.1) is 6.61 Å². The maximum Gasteiger partial charge on any atom is 0.437 e. The molecule has 1 heterocycles. The molecule has 0 spiro atoms. The van der Waals surface area contributed by atoms with Gasteiger partial charge in [-0.15, -0.1) is 11.8 Å². The second-order valence-corrected chi connectivity index (χ2v) is 35.5. The van der Waals surface area contributed by atoms with Crippen molar-refractivity contribution in [1.82, 2.24) is 0 Å². The molecule has 4 aromatic carbocycles. The van der Waals surface area contributed by atoms with Crippen molar-refractivity contribution in [3.8, 4) is 18.2 Å². The van der Waals surface area contributed by atoms with E-state index in [9.17, 15) is 15.8 Å². The zero-order valence-corrected chi connectivity index (χ0v) is 52.9. The molecule has 4 aromatic rings. The lowest BCUT2D eigenvalue weighted by Crippen LogP contribution is -2.43. The first-order valence-corrected chi connectivity index (χ1v) is 34.5. The second kappa shape index (κ2) is 25.7. The molecule has 0 radical (unpaired) electrons. The van der Waals surface area contributed by atoms with Crippen molar-refractivity contribution in [3.63, 3.8) is 0 Å². The maximum absolute atomic E-state index is 15.7. The molecule has 0 N–H and O–H groups in total. The summed E-state index contributed by atoms with van der Waals surface area (Å²) >= 11 is 1.67. The average Bonchev–Trinajstić information content (AvgIpc) is 3.92. The van der Waals surface area contributed by atoms with Crippen LogP contribution in [0.5, 0.6) is 0 Å². The molecule has 428 valence electrons. The van der Waals surface area contributed by atoms with E-state index in [4.69, 9.17) is 13.6 Å². The highest BCUT2D eigenvalue weighted by atomic mass is 32.2. The van der Waals surface area contributed by atoms with E-state index < -0.39 is 50.9 Å². The van der Waals surface area contributed by atoms with E-state index >= 15 is 13.2 Å². The van der Waals surface area contributed by atoms with E-state index in [1.807, 2.05) is 26.2 Å². The maximum atomic E-state index is 15.7. The van der Waals surface area contributed by atoms with Crippen molar-refractivity contribution in [3.05, 3.63) is 177 Å². The van der Waals surface area contributed by atoms with Crippen LogP contribution in [0.3, 0.4) is 0 Å². The predicted octanol–water partition coefficient (Wildman–Crippen LogP) is 18.0. The van der Waals surface area contributed by atoms with Gasteiger partial charge in [0.25, 0.3) is 5.60 Å². The second-order valence-electron chi connectivity index (χ2n) is 24.7. The van der Waals surface area contributed by atoms with E-state index in [0.717, 1.165) is 69.6 Å². The summed E-state index contributed by atoms with van der Waals surface area (Å²) in [6.07, 6.45) is 5.12. The molecule has 0 saturated carbocycles. The largest absolute Gasteiger partial charge is 0.465 e. The monoisotopic (exact) mass is 1150 g/mol. The van der Waals surface area contributed by atoms with Gasteiger partial charge >= 0.3 is 6.18 Å². The lowest BCUT2D eigenvalue weighted by Gasteiger charge is -2.37. The highest BCUT2D eigenvalue weighted by Crippen LogP contribution is 2.56. The molecule has 0 aromatic heterocycles. The molecule has 1 aliphatic heterocycles. The van der Waals surface area contributed by atoms with E-state index in [0.29, 0.717) is 25.4 Å². The van der Waals surface area contributed by atoms with E-state index in [1.54, 1.807) is 30.0 Å². The van der Waals surface area contributed by atoms with Crippen LogP contribution in [-0.2, 0) is 19.2 Å². The number of alkyl halides is 3. The Balaban J connectivity index is 1.40.